The highest BCUT2D eigenvalue weighted by atomic mass is 19.1. The number of alkyl halides is 1. The highest BCUT2D eigenvalue weighted by Crippen LogP contribution is 2.42. The molecule has 2 N–H and O–H groups in total. The van der Waals surface area contributed by atoms with Crippen LogP contribution in [0.15, 0.2) is 30.3 Å². The summed E-state index contributed by atoms with van der Waals surface area (Å²) in [4.78, 5) is 22.8. The lowest BCUT2D eigenvalue weighted by Gasteiger charge is -2.19. The van der Waals surface area contributed by atoms with Gasteiger partial charge < -0.3 is 5.32 Å². The summed E-state index contributed by atoms with van der Waals surface area (Å²) in [6.45, 7) is 1.35. The van der Waals surface area contributed by atoms with E-state index in [0.717, 1.165) is 18.4 Å². The van der Waals surface area contributed by atoms with Crippen molar-refractivity contribution in [3.05, 3.63) is 41.7 Å². The highest BCUT2D eigenvalue weighted by Gasteiger charge is 2.33. The molecule has 0 aliphatic heterocycles. The van der Waals surface area contributed by atoms with E-state index < -0.39 is 6.17 Å². The lowest BCUT2D eigenvalue weighted by atomic mass is 10.0. The van der Waals surface area contributed by atoms with E-state index in [-0.39, 0.29) is 23.8 Å². The Labute approximate surface area is 133 Å². The number of hydrogen-bond acceptors (Lipinski definition) is 5. The molecule has 2 unspecified atom stereocenters. The second-order valence-corrected chi connectivity index (χ2v) is 5.59. The van der Waals surface area contributed by atoms with E-state index in [4.69, 9.17) is 0 Å². The molecule has 120 valence electrons. The lowest BCUT2D eigenvalue weighted by Crippen LogP contribution is -2.17. The van der Waals surface area contributed by atoms with Gasteiger partial charge in [-0.2, -0.15) is 15.0 Å². The Morgan fingerprint density at radius 3 is 2.48 bits per heavy atom. The van der Waals surface area contributed by atoms with Gasteiger partial charge in [-0.15, -0.1) is 0 Å². The molecule has 2 atom stereocenters. The minimum absolute atomic E-state index is 0.00513. The monoisotopic (exact) mass is 315 g/mol. The fraction of sp³-hybridized carbons (Fsp3) is 0.375. The van der Waals surface area contributed by atoms with Gasteiger partial charge in [-0.3, -0.25) is 10.1 Å². The lowest BCUT2D eigenvalue weighted by molar-refractivity contribution is -0.105. The van der Waals surface area contributed by atoms with Gasteiger partial charge in [0.15, 0.2) is 12.0 Å². The molecule has 1 fully saturated rings. The maximum absolute atomic E-state index is 13.6. The smallest absolute Gasteiger partial charge is 0.234 e. The van der Waals surface area contributed by atoms with Crippen molar-refractivity contribution in [2.75, 3.05) is 10.6 Å². The van der Waals surface area contributed by atoms with Crippen molar-refractivity contribution in [1.29, 1.82) is 0 Å². The van der Waals surface area contributed by atoms with E-state index in [2.05, 4.69) is 25.6 Å². The predicted octanol–water partition coefficient (Wildman–Crippen LogP) is 3.03. The molecule has 1 heterocycles. The number of nitrogens with zero attached hydrogens (tertiary/aromatic N) is 3. The van der Waals surface area contributed by atoms with E-state index >= 15 is 0 Å². The topological polar surface area (TPSA) is 79.8 Å². The van der Waals surface area contributed by atoms with Crippen molar-refractivity contribution >= 4 is 18.3 Å². The first kappa shape index (κ1) is 15.3. The number of carbonyl (C=O) groups excluding carboxylic acids is 1. The van der Waals surface area contributed by atoms with Crippen LogP contribution in [0.2, 0.25) is 0 Å². The highest BCUT2D eigenvalue weighted by molar-refractivity contribution is 5.67. The molecule has 1 aliphatic rings. The van der Waals surface area contributed by atoms with Crippen LogP contribution in [0.5, 0.6) is 0 Å². The molecule has 1 saturated carbocycles. The molecule has 0 saturated heterocycles. The van der Waals surface area contributed by atoms with Gasteiger partial charge in [0.1, 0.15) is 0 Å². The third kappa shape index (κ3) is 3.80. The summed E-state index contributed by atoms with van der Waals surface area (Å²) < 4.78 is 13.6. The Kier molecular flexibility index (Phi) is 4.45. The summed E-state index contributed by atoms with van der Waals surface area (Å²) in [5.41, 5.74) is 1.13. The first-order valence-corrected chi connectivity index (χ1v) is 7.59. The van der Waals surface area contributed by atoms with Crippen molar-refractivity contribution < 1.29 is 9.18 Å². The molecular weight excluding hydrogens is 297 g/mol. The van der Waals surface area contributed by atoms with Gasteiger partial charge in [0.05, 0.1) is 6.04 Å². The second-order valence-electron chi connectivity index (χ2n) is 5.59. The average molecular weight is 315 g/mol. The maximum atomic E-state index is 13.6. The van der Waals surface area contributed by atoms with E-state index in [0.29, 0.717) is 12.3 Å². The first-order chi connectivity index (χ1) is 11.2. The minimum atomic E-state index is -1.35. The van der Waals surface area contributed by atoms with Crippen molar-refractivity contribution in [3.63, 3.8) is 0 Å². The van der Waals surface area contributed by atoms with Crippen LogP contribution in [0, 0.1) is 5.92 Å². The van der Waals surface area contributed by atoms with Crippen molar-refractivity contribution in [2.45, 2.75) is 32.0 Å². The third-order valence-electron chi connectivity index (χ3n) is 3.73. The Bertz CT molecular complexity index is 675. The van der Waals surface area contributed by atoms with Crippen LogP contribution in [0.1, 0.15) is 43.4 Å². The predicted molar refractivity (Wildman–Crippen MR) is 84.6 cm³/mol. The summed E-state index contributed by atoms with van der Waals surface area (Å²) in [5, 5.41) is 5.62. The Balaban J connectivity index is 1.89. The third-order valence-corrected chi connectivity index (χ3v) is 3.73. The zero-order chi connectivity index (χ0) is 16.2. The summed E-state index contributed by atoms with van der Waals surface area (Å²) in [5.74, 6) is 0.807. The van der Waals surface area contributed by atoms with Crippen molar-refractivity contribution in [1.82, 2.24) is 15.0 Å². The van der Waals surface area contributed by atoms with Crippen LogP contribution in [-0.4, -0.2) is 21.4 Å². The first-order valence-electron chi connectivity index (χ1n) is 7.59. The van der Waals surface area contributed by atoms with Crippen LogP contribution >= 0.6 is 0 Å². The number of aromatic nitrogens is 3. The molecule has 1 aromatic carbocycles. The van der Waals surface area contributed by atoms with E-state index in [9.17, 15) is 9.18 Å². The molecule has 23 heavy (non-hydrogen) atoms. The molecule has 1 amide bonds. The van der Waals surface area contributed by atoms with Crippen LogP contribution in [0.4, 0.5) is 16.3 Å². The van der Waals surface area contributed by atoms with E-state index in [1.165, 1.54) is 6.92 Å². The molecule has 3 rings (SSSR count). The van der Waals surface area contributed by atoms with Crippen LogP contribution in [0.3, 0.4) is 0 Å². The Morgan fingerprint density at radius 2 is 1.87 bits per heavy atom. The molecule has 0 radical (unpaired) electrons. The molecular formula is C16H18FN5O. The summed E-state index contributed by atoms with van der Waals surface area (Å²) in [6.07, 6.45) is 1.37. The Hall–Kier alpha value is -2.57. The number of hydrogen-bond donors (Lipinski definition) is 2. The van der Waals surface area contributed by atoms with Crippen LogP contribution < -0.4 is 10.6 Å². The van der Waals surface area contributed by atoms with Crippen LogP contribution in [-0.2, 0) is 4.79 Å². The quantitative estimate of drug-likeness (QED) is 0.768. The fourth-order valence-electron chi connectivity index (χ4n) is 2.45. The van der Waals surface area contributed by atoms with Gasteiger partial charge in [-0.05, 0) is 31.2 Å². The van der Waals surface area contributed by atoms with E-state index in [1.807, 2.05) is 30.3 Å². The summed E-state index contributed by atoms with van der Waals surface area (Å²) >= 11 is 0. The number of carbonyl (C=O) groups is 1. The minimum Gasteiger partial charge on any atom is -0.347 e. The zero-order valence-corrected chi connectivity index (χ0v) is 12.7. The number of amides is 1. The van der Waals surface area contributed by atoms with Gasteiger partial charge in [0, 0.05) is 0 Å². The summed E-state index contributed by atoms with van der Waals surface area (Å²) in [6, 6.07) is 10.1. The molecule has 1 aliphatic carbocycles. The van der Waals surface area contributed by atoms with Crippen LogP contribution in [0.25, 0.3) is 0 Å². The number of rotatable bonds is 7. The number of benzene rings is 1. The molecule has 0 spiro atoms. The molecule has 2 aromatic rings. The van der Waals surface area contributed by atoms with Gasteiger partial charge in [0.25, 0.3) is 0 Å². The van der Waals surface area contributed by atoms with Gasteiger partial charge in [0.2, 0.25) is 18.3 Å². The largest absolute Gasteiger partial charge is 0.347 e. The normalized spacial score (nSPS) is 16.4. The van der Waals surface area contributed by atoms with Crippen molar-refractivity contribution in [2.24, 2.45) is 5.92 Å². The zero-order valence-electron chi connectivity index (χ0n) is 12.7. The molecule has 7 heteroatoms. The number of halogens is 1. The number of anilines is 2. The van der Waals surface area contributed by atoms with E-state index in [1.54, 1.807) is 0 Å². The SMILES string of the molecule is CC(F)c1nc(NC=O)nc(NC(c2ccccc2)C2CC2)n1. The molecule has 6 nitrogen and oxygen atoms in total. The molecule has 1 aromatic heterocycles. The second kappa shape index (κ2) is 6.68. The van der Waals surface area contributed by atoms with Gasteiger partial charge in [-0.1, -0.05) is 30.3 Å². The van der Waals surface area contributed by atoms with Gasteiger partial charge >= 0.3 is 0 Å². The average Bonchev–Trinajstić information content (AvgIpc) is 3.38. The summed E-state index contributed by atoms with van der Waals surface area (Å²) in [7, 11) is 0. The number of nitrogens with one attached hydrogen (secondary N) is 2. The standard InChI is InChI=1S/C16H18FN5O/c1-10(17)14-20-15(18-9-23)22-16(21-14)19-13(12-7-8-12)11-5-3-2-4-6-11/h2-6,9-10,12-13H,7-8H2,1H3,(H2,18,19,20,21,22,23). The van der Waals surface area contributed by atoms with Gasteiger partial charge in [-0.25, -0.2) is 4.39 Å². The fourth-order valence-corrected chi connectivity index (χ4v) is 2.45. The maximum Gasteiger partial charge on any atom is 0.234 e. The molecule has 0 bridgehead atoms. The van der Waals surface area contributed by atoms with Crippen molar-refractivity contribution in [3.8, 4) is 0 Å². The Morgan fingerprint density at radius 1 is 1.17 bits per heavy atom.